The number of ether oxygens (including phenoxy) is 1. The number of fused-ring (bicyclic) bond motifs is 12. The maximum atomic E-state index is 7.84. The Balaban J connectivity index is 0.723. The van der Waals surface area contributed by atoms with Gasteiger partial charge in [-0.3, -0.25) is 0 Å². The molecule has 9 nitrogen and oxygen atoms in total. The molecule has 0 spiro atoms. The second kappa shape index (κ2) is 28.6. The molecule has 0 amide bonds. The van der Waals surface area contributed by atoms with E-state index in [0.29, 0.717) is 71.0 Å². The Kier molecular flexibility index (Phi) is 16.3. The molecule has 0 atom stereocenters. The van der Waals surface area contributed by atoms with Gasteiger partial charge in [0.05, 0.1) is 17.1 Å². The summed E-state index contributed by atoms with van der Waals surface area (Å²) in [5.41, 5.74) is 38.5. The summed E-state index contributed by atoms with van der Waals surface area (Å²) in [5.74, 6) is 10.2. The number of hydrogen-bond acceptors (Lipinski definition) is 9. The lowest BCUT2D eigenvalue weighted by molar-refractivity contribution is 0.000238. The molecule has 6 heterocycles. The van der Waals surface area contributed by atoms with Crippen LogP contribution in [-0.4, -0.2) is 42.3 Å². The van der Waals surface area contributed by atoms with Crippen LogP contribution in [0, 0.1) is 71.0 Å². The molecule has 16 fully saturated rings. The molecule has 12 heteroatoms. The van der Waals surface area contributed by atoms with Gasteiger partial charge < -0.3 is 43.9 Å². The first-order chi connectivity index (χ1) is 67.1. The van der Waals surface area contributed by atoms with E-state index in [9.17, 15) is 0 Å². The summed E-state index contributed by atoms with van der Waals surface area (Å²) in [6.07, 6.45) is 30.9. The number of para-hydroxylation sites is 9. The van der Waals surface area contributed by atoms with Gasteiger partial charge in [0.1, 0.15) is 11.5 Å². The van der Waals surface area contributed by atoms with Gasteiger partial charge in [-0.2, -0.15) is 0 Å². The molecule has 136 heavy (non-hydrogen) atoms. The summed E-state index contributed by atoms with van der Waals surface area (Å²) in [4.78, 5) is 23.5. The minimum atomic E-state index is -0.158. The fraction of sp³-hybridized carbons (Fsp3) is 0.323. The van der Waals surface area contributed by atoms with Crippen molar-refractivity contribution in [2.24, 2.45) is 71.0 Å². The molecular formula is C124H113B3N8O. The van der Waals surface area contributed by atoms with Crippen LogP contribution in [0.15, 0.2) is 322 Å². The lowest BCUT2D eigenvalue weighted by Gasteiger charge is -2.65. The number of nitrogens with zero attached hydrogens (tertiary/aromatic N) is 8. The zero-order chi connectivity index (χ0) is 88.3. The van der Waals surface area contributed by atoms with Crippen LogP contribution in [0.2, 0.25) is 0 Å². The minimum Gasteiger partial charge on any atom is -0.458 e. The Morgan fingerprint density at radius 1 is 0.199 bits per heavy atom. The minimum absolute atomic E-state index is 0.105. The molecule has 14 aromatic carbocycles. The monoisotopic (exact) mass is 1760 g/mol. The van der Waals surface area contributed by atoms with Gasteiger partial charge in [0.15, 0.2) is 0 Å². The summed E-state index contributed by atoms with van der Waals surface area (Å²) in [7, 11) is 0. The second-order valence-corrected chi connectivity index (χ2v) is 46.7. The van der Waals surface area contributed by atoms with E-state index < -0.39 is 0 Å². The maximum Gasteiger partial charge on any atom is 0.256 e. The quantitative estimate of drug-likeness (QED) is 0.0990. The third-order valence-electron chi connectivity index (χ3n) is 38.7. The molecule has 0 saturated heterocycles. The zero-order valence-electron chi connectivity index (χ0n) is 77.7. The number of anilines is 20. The summed E-state index contributed by atoms with van der Waals surface area (Å²) in [6, 6.07) is 128. The van der Waals surface area contributed by atoms with Gasteiger partial charge in [-0.05, 0) is 414 Å². The smallest absolute Gasteiger partial charge is 0.256 e. The highest BCUT2D eigenvalue weighted by molar-refractivity contribution is 7.04. The highest BCUT2D eigenvalue weighted by Crippen LogP contribution is 2.69. The molecule has 6 aliphatic heterocycles. The largest absolute Gasteiger partial charge is 0.458 e. The van der Waals surface area contributed by atoms with Gasteiger partial charge in [0.25, 0.3) is 20.1 Å². The summed E-state index contributed by atoms with van der Waals surface area (Å²) in [6.45, 7) is -0.381. The van der Waals surface area contributed by atoms with E-state index in [1.807, 2.05) is 0 Å². The molecule has 664 valence electrons. The van der Waals surface area contributed by atoms with Crippen LogP contribution in [0.3, 0.4) is 0 Å². The van der Waals surface area contributed by atoms with Crippen molar-refractivity contribution in [3.63, 3.8) is 0 Å². The molecule has 0 N–H and O–H groups in total. The van der Waals surface area contributed by atoms with E-state index in [1.165, 1.54) is 294 Å². The first-order valence-corrected chi connectivity index (χ1v) is 52.6. The SMILES string of the molecule is c1ccc(N(c2ccccc2)c2cc3c4c(c2)N(C25CC6CC(CC(C6)C2)C5)c2cc5c(cc2B4c2ccccc2O3)B2c3cc4c(cc3N(C36CC7CC(CC(C7)C3)C6)c3cc(N(c6ccccc6)c6ccccc6)cc(c32)N5C23CC5CC(CC(C5)C2)C3)N(C23CC5CC(CC(C5)C2)C3)c2cc(N(c3ccccc3)c3ccccc3)cc3c2B4c2ccccc2N3c2ccccc2)cc1. The van der Waals surface area contributed by atoms with Crippen molar-refractivity contribution < 1.29 is 4.74 Å². The van der Waals surface area contributed by atoms with Crippen LogP contribution in [0.1, 0.15) is 154 Å². The van der Waals surface area contributed by atoms with Crippen LogP contribution < -0.4 is 93.1 Å². The van der Waals surface area contributed by atoms with Crippen molar-refractivity contribution in [2.75, 3.05) is 39.2 Å². The molecule has 14 aromatic rings. The second-order valence-electron chi connectivity index (χ2n) is 46.7. The summed E-state index contributed by atoms with van der Waals surface area (Å²) in [5, 5.41) is 0. The van der Waals surface area contributed by atoms with Gasteiger partial charge in [0.2, 0.25) is 0 Å². The standard InChI is InChI=1S/C124H113B3N8O/c1-8-26-90(27-9-1)128(91-28-10-2-11-29-91)97-56-111-118-112(57-97)132(121-66-78-44-79(67-121)46-80(45-78)68-121)107-64-109-104(62-102(107)125(118)100-40-22-24-42-106(100)131(111)96-38-20-7-21-39-96)127-105-63-103-108(135(124-75-87-53-88(76-124)55-89(54-87)77-124)115-60-99(61-117-120(115)126(103)101-41-23-25-43-116(101)136-117)130(94-34-16-5-17-35-94)95-36-18-6-19-37-95)65-110(105)134(123-72-84-50-85(73-123)52-86(51-84)74-123)114-59-98(129(92-30-12-3-13-31-92)93-32-14-4-15-33-93)58-113(119(114)127)133(109)122-69-81-47-82(70-122)49-83(48-81)71-122/h1-43,56-65,78-89H,44-55,66-77H2. The van der Waals surface area contributed by atoms with Crippen molar-refractivity contribution in [2.45, 2.75) is 176 Å². The van der Waals surface area contributed by atoms with E-state index in [4.69, 9.17) is 4.74 Å². The van der Waals surface area contributed by atoms with E-state index in [1.54, 1.807) is 5.46 Å². The average Bonchev–Trinajstić information content (AvgIpc) is 0.661. The Morgan fingerprint density at radius 2 is 0.449 bits per heavy atom. The van der Waals surface area contributed by atoms with Gasteiger partial charge in [-0.15, -0.1) is 0 Å². The fourth-order valence-corrected chi connectivity index (χ4v) is 36.0. The van der Waals surface area contributed by atoms with Gasteiger partial charge >= 0.3 is 0 Å². The Bertz CT molecular complexity index is 7000. The van der Waals surface area contributed by atoms with Crippen molar-refractivity contribution in [3.05, 3.63) is 322 Å². The summed E-state index contributed by atoms with van der Waals surface area (Å²) < 4.78 is 7.84. The topological polar surface area (TPSA) is 35.2 Å². The van der Waals surface area contributed by atoms with Crippen LogP contribution >= 0.6 is 0 Å². The maximum absolute atomic E-state index is 7.84. The first-order valence-electron chi connectivity index (χ1n) is 52.6. The Hall–Kier alpha value is -12.5. The molecule has 36 rings (SSSR count). The molecule has 16 aliphatic carbocycles. The van der Waals surface area contributed by atoms with E-state index >= 15 is 0 Å². The summed E-state index contributed by atoms with van der Waals surface area (Å²) >= 11 is 0. The van der Waals surface area contributed by atoms with Gasteiger partial charge in [-0.1, -0.05) is 176 Å². The predicted molar refractivity (Wildman–Crippen MR) is 564 cm³/mol. The molecule has 0 unspecified atom stereocenters. The highest BCUT2D eigenvalue weighted by Gasteiger charge is 2.65. The molecule has 0 radical (unpaired) electrons. The van der Waals surface area contributed by atoms with Crippen molar-refractivity contribution in [1.82, 2.24) is 0 Å². The Labute approximate surface area is 801 Å². The van der Waals surface area contributed by atoms with Crippen LogP contribution in [0.25, 0.3) is 0 Å². The van der Waals surface area contributed by atoms with Crippen molar-refractivity contribution in [1.29, 1.82) is 0 Å². The normalized spacial score (nSPS) is 29.3. The van der Waals surface area contributed by atoms with Crippen LogP contribution in [0.4, 0.5) is 114 Å². The fourth-order valence-electron chi connectivity index (χ4n) is 36.0. The third-order valence-corrected chi connectivity index (χ3v) is 38.7. The van der Waals surface area contributed by atoms with Crippen molar-refractivity contribution >= 4 is 183 Å². The number of benzene rings is 14. The van der Waals surface area contributed by atoms with E-state index in [-0.39, 0.29) is 42.3 Å². The number of hydrogen-bond donors (Lipinski definition) is 0. The third kappa shape index (κ3) is 11.2. The molecule has 16 bridgehead atoms. The Morgan fingerprint density at radius 3 is 0.779 bits per heavy atom. The van der Waals surface area contributed by atoms with E-state index in [2.05, 4.69) is 361 Å². The molecule has 22 aliphatic rings. The van der Waals surface area contributed by atoms with Crippen molar-refractivity contribution in [3.8, 4) is 11.5 Å². The van der Waals surface area contributed by atoms with Crippen LogP contribution in [-0.2, 0) is 0 Å². The predicted octanol–water partition coefficient (Wildman–Crippen LogP) is 25.2. The van der Waals surface area contributed by atoms with Gasteiger partial charge in [0, 0.05) is 125 Å². The number of rotatable bonds is 14. The lowest BCUT2D eigenvalue weighted by Crippen LogP contribution is -2.72. The lowest BCUT2D eigenvalue weighted by atomic mass is 9.28. The first kappa shape index (κ1) is 77.6. The average molecular weight is 1760 g/mol. The highest BCUT2D eigenvalue weighted by atomic mass is 16.5. The molecular weight excluding hydrogens is 1650 g/mol. The molecule has 16 saturated carbocycles. The zero-order valence-corrected chi connectivity index (χ0v) is 77.7. The molecule has 0 aromatic heterocycles. The van der Waals surface area contributed by atoms with Gasteiger partial charge in [-0.25, -0.2) is 0 Å². The van der Waals surface area contributed by atoms with Crippen LogP contribution in [0.5, 0.6) is 11.5 Å². The van der Waals surface area contributed by atoms with E-state index in [0.717, 1.165) is 28.6 Å².